The summed E-state index contributed by atoms with van der Waals surface area (Å²) < 4.78 is 0. The average molecular weight is 304 g/mol. The van der Waals surface area contributed by atoms with Gasteiger partial charge in [0, 0.05) is 24.3 Å². The van der Waals surface area contributed by atoms with Crippen LogP contribution in [-0.2, 0) is 6.54 Å². The molecule has 0 aromatic heterocycles. The highest BCUT2D eigenvalue weighted by molar-refractivity contribution is 5.70. The van der Waals surface area contributed by atoms with Gasteiger partial charge in [-0.1, -0.05) is 55.0 Å². The van der Waals surface area contributed by atoms with Gasteiger partial charge in [0.2, 0.25) is 0 Å². The largest absolute Gasteiger partial charge is 0.399 e. The molecule has 2 bridgehead atoms. The highest BCUT2D eigenvalue weighted by Gasteiger charge is 2.33. The van der Waals surface area contributed by atoms with Crippen molar-refractivity contribution in [2.24, 2.45) is 0 Å². The molecular formula is C21H24N2. The number of nitrogen functional groups attached to an aromatic ring is 1. The third-order valence-electron chi connectivity index (χ3n) is 5.25. The van der Waals surface area contributed by atoms with Crippen LogP contribution in [-0.4, -0.2) is 17.0 Å². The minimum absolute atomic E-state index is 0.569. The highest BCUT2D eigenvalue weighted by atomic mass is 15.2. The number of rotatable bonds is 3. The molecule has 0 radical (unpaired) electrons. The monoisotopic (exact) mass is 304 g/mol. The van der Waals surface area contributed by atoms with E-state index in [-0.39, 0.29) is 0 Å². The molecule has 0 spiro atoms. The van der Waals surface area contributed by atoms with Crippen molar-refractivity contribution >= 4 is 11.3 Å². The summed E-state index contributed by atoms with van der Waals surface area (Å²) in [5.41, 5.74) is 11.0. The van der Waals surface area contributed by atoms with Crippen molar-refractivity contribution in [2.45, 2.75) is 44.3 Å². The number of fused-ring (bicyclic) bond motifs is 2. The first-order valence-electron chi connectivity index (χ1n) is 8.66. The lowest BCUT2D eigenvalue weighted by molar-refractivity contribution is 0.0951. The molecule has 2 nitrogen and oxygen atoms in total. The van der Waals surface area contributed by atoms with Gasteiger partial charge in [0.1, 0.15) is 0 Å². The standard InChI is InChI=1S/C21H24N2/c22-19-9-4-8-17(12-19)18-13-20-10-5-11-21(14-18)23(20)15-16-6-2-1-3-7-16/h1-4,6-9,12-13,20-21H,5,10-11,14-15,22H2. The van der Waals surface area contributed by atoms with Gasteiger partial charge >= 0.3 is 0 Å². The van der Waals surface area contributed by atoms with Crippen LogP contribution in [0.4, 0.5) is 5.69 Å². The van der Waals surface area contributed by atoms with Crippen LogP contribution in [0.3, 0.4) is 0 Å². The lowest BCUT2D eigenvalue weighted by Crippen LogP contribution is -2.47. The second-order valence-corrected chi connectivity index (χ2v) is 6.83. The summed E-state index contributed by atoms with van der Waals surface area (Å²) in [5, 5.41) is 0. The molecule has 118 valence electrons. The summed E-state index contributed by atoms with van der Waals surface area (Å²) >= 11 is 0. The molecule has 2 unspecified atom stereocenters. The van der Waals surface area contributed by atoms with Crippen LogP contribution >= 0.6 is 0 Å². The van der Waals surface area contributed by atoms with Gasteiger partial charge in [-0.05, 0) is 48.1 Å². The van der Waals surface area contributed by atoms with Gasteiger partial charge in [-0.15, -0.1) is 0 Å². The third kappa shape index (κ3) is 3.04. The minimum atomic E-state index is 0.569. The highest BCUT2D eigenvalue weighted by Crippen LogP contribution is 2.38. The fourth-order valence-corrected chi connectivity index (χ4v) is 4.11. The molecule has 1 fully saturated rings. The number of nitrogens with zero attached hydrogens (tertiary/aromatic N) is 1. The maximum absolute atomic E-state index is 5.97. The molecule has 0 aliphatic carbocycles. The number of nitrogens with two attached hydrogens (primary N) is 1. The van der Waals surface area contributed by atoms with Crippen molar-refractivity contribution in [1.29, 1.82) is 0 Å². The summed E-state index contributed by atoms with van der Waals surface area (Å²) in [5.74, 6) is 0. The van der Waals surface area contributed by atoms with Crippen molar-refractivity contribution < 1.29 is 0 Å². The van der Waals surface area contributed by atoms with Crippen molar-refractivity contribution in [1.82, 2.24) is 4.90 Å². The Bertz CT molecular complexity index is 705. The first-order valence-corrected chi connectivity index (χ1v) is 8.66. The number of hydrogen-bond donors (Lipinski definition) is 1. The third-order valence-corrected chi connectivity index (χ3v) is 5.25. The van der Waals surface area contributed by atoms with E-state index in [1.807, 2.05) is 6.07 Å². The first-order chi connectivity index (χ1) is 11.3. The van der Waals surface area contributed by atoms with Gasteiger partial charge in [0.25, 0.3) is 0 Å². The Morgan fingerprint density at radius 2 is 1.87 bits per heavy atom. The van der Waals surface area contributed by atoms with Gasteiger partial charge in [-0.3, -0.25) is 4.90 Å². The maximum atomic E-state index is 5.97. The zero-order chi connectivity index (χ0) is 15.6. The molecule has 2 heterocycles. The van der Waals surface area contributed by atoms with E-state index in [2.05, 4.69) is 59.5 Å². The van der Waals surface area contributed by atoms with E-state index in [4.69, 9.17) is 5.73 Å². The van der Waals surface area contributed by atoms with E-state index in [0.29, 0.717) is 12.1 Å². The van der Waals surface area contributed by atoms with Crippen LogP contribution in [0, 0.1) is 0 Å². The van der Waals surface area contributed by atoms with E-state index in [1.54, 1.807) is 0 Å². The van der Waals surface area contributed by atoms with E-state index >= 15 is 0 Å². The Morgan fingerprint density at radius 1 is 1.00 bits per heavy atom. The van der Waals surface area contributed by atoms with Crippen LogP contribution in [0.25, 0.3) is 5.57 Å². The van der Waals surface area contributed by atoms with E-state index in [0.717, 1.165) is 18.7 Å². The molecule has 2 aliphatic rings. The Morgan fingerprint density at radius 3 is 2.65 bits per heavy atom. The van der Waals surface area contributed by atoms with Crippen molar-refractivity contribution in [2.75, 3.05) is 5.73 Å². The summed E-state index contributed by atoms with van der Waals surface area (Å²) in [6.07, 6.45) is 7.57. The Kier molecular flexibility index (Phi) is 3.92. The molecule has 0 saturated carbocycles. The minimum Gasteiger partial charge on any atom is -0.399 e. The molecule has 0 amide bonds. The summed E-state index contributed by atoms with van der Waals surface area (Å²) in [6, 6.07) is 20.4. The lowest BCUT2D eigenvalue weighted by Gasteiger charge is -2.45. The fraction of sp³-hybridized carbons (Fsp3) is 0.333. The fourth-order valence-electron chi connectivity index (χ4n) is 4.11. The predicted molar refractivity (Wildman–Crippen MR) is 96.9 cm³/mol. The lowest BCUT2D eigenvalue weighted by atomic mass is 9.82. The normalized spacial score (nSPS) is 24.3. The molecule has 2 heteroatoms. The van der Waals surface area contributed by atoms with Crippen molar-refractivity contribution in [3.8, 4) is 0 Å². The van der Waals surface area contributed by atoms with Crippen LogP contribution in [0.15, 0.2) is 60.7 Å². The number of hydrogen-bond acceptors (Lipinski definition) is 2. The predicted octanol–water partition coefficient (Wildman–Crippen LogP) is 4.48. The Hall–Kier alpha value is -2.06. The zero-order valence-corrected chi connectivity index (χ0v) is 13.5. The summed E-state index contributed by atoms with van der Waals surface area (Å²) in [6.45, 7) is 1.07. The van der Waals surface area contributed by atoms with Crippen molar-refractivity contribution in [3.63, 3.8) is 0 Å². The quantitative estimate of drug-likeness (QED) is 0.847. The summed E-state index contributed by atoms with van der Waals surface area (Å²) in [7, 11) is 0. The van der Waals surface area contributed by atoms with Crippen LogP contribution < -0.4 is 5.73 Å². The number of benzene rings is 2. The molecule has 1 saturated heterocycles. The van der Waals surface area contributed by atoms with Gasteiger partial charge < -0.3 is 5.73 Å². The summed E-state index contributed by atoms with van der Waals surface area (Å²) in [4.78, 5) is 2.70. The number of anilines is 1. The first kappa shape index (κ1) is 14.5. The smallest absolute Gasteiger partial charge is 0.0320 e. The molecule has 2 aliphatic heterocycles. The topological polar surface area (TPSA) is 29.3 Å². The molecular weight excluding hydrogens is 280 g/mol. The van der Waals surface area contributed by atoms with Gasteiger partial charge in [0.05, 0.1) is 0 Å². The Balaban J connectivity index is 1.60. The van der Waals surface area contributed by atoms with Crippen LogP contribution in [0.1, 0.15) is 36.8 Å². The van der Waals surface area contributed by atoms with E-state index in [9.17, 15) is 0 Å². The van der Waals surface area contributed by atoms with Crippen LogP contribution in [0.5, 0.6) is 0 Å². The molecule has 2 aromatic carbocycles. The molecule has 2 aromatic rings. The average Bonchev–Trinajstić information content (AvgIpc) is 2.55. The van der Waals surface area contributed by atoms with Gasteiger partial charge in [0.15, 0.2) is 0 Å². The molecule has 4 rings (SSSR count). The molecule has 23 heavy (non-hydrogen) atoms. The van der Waals surface area contributed by atoms with Crippen LogP contribution in [0.2, 0.25) is 0 Å². The van der Waals surface area contributed by atoms with E-state index < -0.39 is 0 Å². The molecule has 2 N–H and O–H groups in total. The molecule has 2 atom stereocenters. The SMILES string of the molecule is Nc1cccc(C2=CC3CCCC(C2)N3Cc2ccccc2)c1. The second kappa shape index (κ2) is 6.21. The van der Waals surface area contributed by atoms with Gasteiger partial charge in [-0.2, -0.15) is 0 Å². The zero-order valence-electron chi connectivity index (χ0n) is 13.5. The van der Waals surface area contributed by atoms with Crippen molar-refractivity contribution in [3.05, 3.63) is 71.8 Å². The Labute approximate surface area is 138 Å². The van der Waals surface area contributed by atoms with Gasteiger partial charge in [-0.25, -0.2) is 0 Å². The van der Waals surface area contributed by atoms with E-state index in [1.165, 1.54) is 36.0 Å². The second-order valence-electron chi connectivity index (χ2n) is 6.83. The number of piperidine rings is 1. The maximum Gasteiger partial charge on any atom is 0.0320 e.